The Kier molecular flexibility index (Phi) is 7.67. The largest absolute Gasteiger partial charge is 0.444 e. The molecule has 0 spiro atoms. The summed E-state index contributed by atoms with van der Waals surface area (Å²) in [6.07, 6.45) is 2.31. The molecule has 2 aliphatic heterocycles. The van der Waals surface area contributed by atoms with E-state index in [1.165, 1.54) is 9.96 Å². The highest BCUT2D eigenvalue weighted by molar-refractivity contribution is 5.90. The number of alkyl carbamates (subject to hydrolysis) is 1. The normalized spacial score (nSPS) is 25.5. The molecule has 11 heteroatoms. The van der Waals surface area contributed by atoms with Gasteiger partial charge in [0.2, 0.25) is 5.91 Å². The maximum absolute atomic E-state index is 12.9. The van der Waals surface area contributed by atoms with Gasteiger partial charge in [-0.05, 0) is 58.4 Å². The van der Waals surface area contributed by atoms with Crippen LogP contribution in [0, 0.1) is 5.92 Å². The average molecular weight is 502 g/mol. The lowest BCUT2D eigenvalue weighted by atomic mass is 10.0. The van der Waals surface area contributed by atoms with E-state index < -0.39 is 23.6 Å². The summed E-state index contributed by atoms with van der Waals surface area (Å²) in [5.74, 6) is -1.08. The number of fused-ring (bicyclic) bond motifs is 2. The first kappa shape index (κ1) is 25.7. The minimum atomic E-state index is -0.676. The zero-order valence-corrected chi connectivity index (χ0v) is 21.0. The molecule has 4 rings (SSSR count). The maximum Gasteiger partial charge on any atom is 0.407 e. The standard InChI is InChI=1S/C25H35N5O6/c1-25(2,3)36-23(33)26-18-10-9-17(13-18)21(31)27-28-22(32)20-12-11-19-14-29(20)24(34)30(19)35-15-16-7-5-4-6-8-16/h4-8,17-20H,9-15H2,1-3H3,(H,26,33)(H,27,31)(H,28,32)/t17-,18+,19?,20-/m0/s1. The Labute approximate surface area is 210 Å². The number of rotatable bonds is 6. The zero-order chi connectivity index (χ0) is 25.9. The summed E-state index contributed by atoms with van der Waals surface area (Å²) >= 11 is 0. The molecule has 1 aromatic carbocycles. The highest BCUT2D eigenvalue weighted by atomic mass is 16.7. The lowest BCUT2D eigenvalue weighted by Gasteiger charge is -2.29. The molecule has 1 aromatic rings. The van der Waals surface area contributed by atoms with Crippen molar-refractivity contribution in [2.75, 3.05) is 6.54 Å². The Hall–Kier alpha value is -3.34. The van der Waals surface area contributed by atoms with Crippen molar-refractivity contribution in [3.8, 4) is 0 Å². The Morgan fingerprint density at radius 2 is 1.72 bits per heavy atom. The third-order valence-corrected chi connectivity index (χ3v) is 6.67. The highest BCUT2D eigenvalue weighted by Crippen LogP contribution is 2.31. The number of nitrogens with one attached hydrogen (secondary N) is 3. The number of urea groups is 1. The first-order chi connectivity index (χ1) is 17.1. The van der Waals surface area contributed by atoms with Crippen LogP contribution in [0.2, 0.25) is 0 Å². The van der Waals surface area contributed by atoms with Crippen molar-refractivity contribution < 1.29 is 28.8 Å². The van der Waals surface area contributed by atoms with Crippen LogP contribution in [-0.4, -0.2) is 64.2 Å². The van der Waals surface area contributed by atoms with Crippen LogP contribution in [0.1, 0.15) is 58.4 Å². The number of hydrogen-bond donors (Lipinski definition) is 3. The van der Waals surface area contributed by atoms with E-state index in [0.717, 1.165) is 5.56 Å². The van der Waals surface area contributed by atoms with Gasteiger partial charge in [-0.2, -0.15) is 5.06 Å². The fourth-order valence-corrected chi connectivity index (χ4v) is 4.92. The molecule has 5 amide bonds. The molecule has 1 unspecified atom stereocenters. The summed E-state index contributed by atoms with van der Waals surface area (Å²) in [4.78, 5) is 57.6. The number of benzene rings is 1. The molecular formula is C25H35N5O6. The van der Waals surface area contributed by atoms with E-state index in [4.69, 9.17) is 9.57 Å². The quantitative estimate of drug-likeness (QED) is 0.513. The Morgan fingerprint density at radius 3 is 2.44 bits per heavy atom. The third-order valence-electron chi connectivity index (χ3n) is 6.67. The minimum Gasteiger partial charge on any atom is -0.444 e. The molecule has 1 aliphatic carbocycles. The van der Waals surface area contributed by atoms with Crippen molar-refractivity contribution in [3.05, 3.63) is 35.9 Å². The summed E-state index contributed by atoms with van der Waals surface area (Å²) < 4.78 is 5.27. The van der Waals surface area contributed by atoms with Crippen LogP contribution in [-0.2, 0) is 25.8 Å². The van der Waals surface area contributed by atoms with E-state index in [0.29, 0.717) is 38.6 Å². The second-order valence-electron chi connectivity index (χ2n) is 10.6. The molecule has 2 bridgehead atoms. The van der Waals surface area contributed by atoms with Crippen molar-refractivity contribution in [2.45, 2.75) is 83.2 Å². The molecule has 0 aromatic heterocycles. The molecule has 3 fully saturated rings. The van der Waals surface area contributed by atoms with E-state index in [1.807, 2.05) is 30.3 Å². The van der Waals surface area contributed by atoms with Crippen LogP contribution in [0.3, 0.4) is 0 Å². The fraction of sp³-hybridized carbons (Fsp3) is 0.600. The third kappa shape index (κ3) is 6.26. The SMILES string of the molecule is CC(C)(C)OC(=O)N[C@@H]1CC[C@H](C(=O)NNC(=O)[C@@H]2CCC3CN2C(=O)N3OCc2ccccc2)C1. The van der Waals surface area contributed by atoms with Crippen LogP contribution in [0.25, 0.3) is 0 Å². The van der Waals surface area contributed by atoms with Gasteiger partial charge in [-0.15, -0.1) is 0 Å². The fourth-order valence-electron chi connectivity index (χ4n) is 4.92. The maximum atomic E-state index is 12.9. The van der Waals surface area contributed by atoms with Crippen molar-refractivity contribution in [3.63, 3.8) is 0 Å². The van der Waals surface area contributed by atoms with Gasteiger partial charge in [-0.25, -0.2) is 9.59 Å². The first-order valence-electron chi connectivity index (χ1n) is 12.5. The average Bonchev–Trinajstić information content (AvgIpc) is 3.38. The number of hydrazine groups is 1. The summed E-state index contributed by atoms with van der Waals surface area (Å²) in [5, 5.41) is 4.17. The second-order valence-corrected chi connectivity index (χ2v) is 10.6. The molecule has 1 saturated carbocycles. The predicted molar refractivity (Wildman–Crippen MR) is 129 cm³/mol. The number of ether oxygens (including phenoxy) is 1. The summed E-state index contributed by atoms with van der Waals surface area (Å²) in [6.45, 7) is 6.04. The molecule has 2 heterocycles. The van der Waals surface area contributed by atoms with Gasteiger partial charge in [0, 0.05) is 18.5 Å². The van der Waals surface area contributed by atoms with E-state index in [2.05, 4.69) is 16.2 Å². The van der Waals surface area contributed by atoms with Crippen LogP contribution < -0.4 is 16.2 Å². The van der Waals surface area contributed by atoms with E-state index in [9.17, 15) is 19.2 Å². The van der Waals surface area contributed by atoms with Gasteiger partial charge in [-0.1, -0.05) is 30.3 Å². The Morgan fingerprint density at radius 1 is 1.00 bits per heavy atom. The number of carbonyl (C=O) groups excluding carboxylic acids is 4. The smallest absolute Gasteiger partial charge is 0.407 e. The van der Waals surface area contributed by atoms with Gasteiger partial charge in [0.1, 0.15) is 18.2 Å². The van der Waals surface area contributed by atoms with Gasteiger partial charge in [-0.3, -0.25) is 25.3 Å². The number of carbonyl (C=O) groups is 4. The molecular weight excluding hydrogens is 466 g/mol. The van der Waals surface area contributed by atoms with Crippen LogP contribution >= 0.6 is 0 Å². The predicted octanol–water partition coefficient (Wildman–Crippen LogP) is 2.23. The topological polar surface area (TPSA) is 129 Å². The Bertz CT molecular complexity index is 981. The number of nitrogens with zero attached hydrogens (tertiary/aromatic N) is 2. The molecule has 11 nitrogen and oxygen atoms in total. The molecule has 3 N–H and O–H groups in total. The first-order valence-corrected chi connectivity index (χ1v) is 12.5. The molecule has 4 atom stereocenters. The molecule has 2 saturated heterocycles. The van der Waals surface area contributed by atoms with Crippen LogP contribution in [0.4, 0.5) is 9.59 Å². The van der Waals surface area contributed by atoms with E-state index in [1.54, 1.807) is 20.8 Å². The number of hydrogen-bond acceptors (Lipinski definition) is 6. The minimum absolute atomic E-state index is 0.104. The van der Waals surface area contributed by atoms with Crippen molar-refractivity contribution in [1.29, 1.82) is 0 Å². The zero-order valence-electron chi connectivity index (χ0n) is 21.0. The second kappa shape index (κ2) is 10.7. The molecule has 0 radical (unpaired) electrons. The van der Waals surface area contributed by atoms with Crippen LogP contribution in [0.5, 0.6) is 0 Å². The summed E-state index contributed by atoms with van der Waals surface area (Å²) in [6, 6.07) is 8.29. The lowest BCUT2D eigenvalue weighted by molar-refractivity contribution is -0.140. The number of piperidine rings is 1. The number of hydroxylamine groups is 2. The van der Waals surface area contributed by atoms with E-state index >= 15 is 0 Å². The van der Waals surface area contributed by atoms with Crippen molar-refractivity contribution >= 4 is 23.9 Å². The summed E-state index contributed by atoms with van der Waals surface area (Å²) in [7, 11) is 0. The van der Waals surface area contributed by atoms with Gasteiger partial charge in [0.15, 0.2) is 0 Å². The van der Waals surface area contributed by atoms with Gasteiger partial charge in [0.25, 0.3) is 5.91 Å². The molecule has 196 valence electrons. The van der Waals surface area contributed by atoms with E-state index in [-0.39, 0.29) is 36.5 Å². The lowest BCUT2D eigenvalue weighted by Crippen LogP contribution is -2.54. The number of amides is 5. The molecule has 3 aliphatic rings. The summed E-state index contributed by atoms with van der Waals surface area (Å²) in [5.41, 5.74) is 5.35. The van der Waals surface area contributed by atoms with Crippen molar-refractivity contribution in [2.24, 2.45) is 5.92 Å². The van der Waals surface area contributed by atoms with Crippen LogP contribution in [0.15, 0.2) is 30.3 Å². The van der Waals surface area contributed by atoms with Gasteiger partial charge < -0.3 is 15.0 Å². The monoisotopic (exact) mass is 501 g/mol. The van der Waals surface area contributed by atoms with Gasteiger partial charge >= 0.3 is 12.1 Å². The molecule has 36 heavy (non-hydrogen) atoms. The Balaban J connectivity index is 1.22. The highest BCUT2D eigenvalue weighted by Gasteiger charge is 2.48. The van der Waals surface area contributed by atoms with Gasteiger partial charge in [0.05, 0.1) is 6.04 Å². The van der Waals surface area contributed by atoms with Crippen molar-refractivity contribution in [1.82, 2.24) is 26.1 Å².